The Morgan fingerprint density at radius 3 is 2.55 bits per heavy atom. The fraction of sp³-hybridized carbons (Fsp3) is 0.625. The highest BCUT2D eigenvalue weighted by Gasteiger charge is 2.39. The van der Waals surface area contributed by atoms with E-state index in [0.29, 0.717) is 19.0 Å². The van der Waals surface area contributed by atoms with Crippen molar-refractivity contribution in [3.8, 4) is 0 Å². The van der Waals surface area contributed by atoms with Crippen LogP contribution in [-0.2, 0) is 14.3 Å². The van der Waals surface area contributed by atoms with Crippen molar-refractivity contribution in [3.63, 3.8) is 0 Å². The third-order valence-corrected chi connectivity index (χ3v) is 4.65. The summed E-state index contributed by atoms with van der Waals surface area (Å²) in [6, 6.07) is 3.90. The van der Waals surface area contributed by atoms with E-state index in [1.54, 1.807) is 0 Å². The van der Waals surface area contributed by atoms with Crippen molar-refractivity contribution in [2.45, 2.75) is 31.5 Å². The van der Waals surface area contributed by atoms with Crippen LogP contribution in [0.25, 0.3) is 0 Å². The van der Waals surface area contributed by atoms with E-state index in [0.717, 1.165) is 44.5 Å². The average Bonchev–Trinajstić information content (AvgIpc) is 3.31. The number of hydrogen-bond donors (Lipinski definition) is 1. The summed E-state index contributed by atoms with van der Waals surface area (Å²) in [5, 5.41) is 2.87. The van der Waals surface area contributed by atoms with Gasteiger partial charge < -0.3 is 19.7 Å². The smallest absolute Gasteiger partial charge is 0.228 e. The van der Waals surface area contributed by atoms with Crippen molar-refractivity contribution >= 4 is 17.4 Å². The molecule has 0 bridgehead atoms. The van der Waals surface area contributed by atoms with Gasteiger partial charge >= 0.3 is 0 Å². The molecule has 1 aromatic heterocycles. The number of pyridine rings is 1. The minimum Gasteiger partial charge on any atom is -0.370 e. The Morgan fingerprint density at radius 1 is 1.23 bits per heavy atom. The van der Waals surface area contributed by atoms with Crippen LogP contribution in [0, 0.1) is 5.92 Å². The van der Waals surface area contributed by atoms with Gasteiger partial charge in [-0.05, 0) is 25.0 Å². The summed E-state index contributed by atoms with van der Waals surface area (Å²) >= 11 is 0. The fourth-order valence-electron chi connectivity index (χ4n) is 3.11. The highest BCUT2D eigenvalue weighted by molar-refractivity contribution is 5.93. The largest absolute Gasteiger partial charge is 0.370 e. The molecule has 3 aliphatic rings. The Morgan fingerprint density at radius 2 is 1.95 bits per heavy atom. The maximum Gasteiger partial charge on any atom is 0.228 e. The summed E-state index contributed by atoms with van der Waals surface area (Å²) in [6.07, 6.45) is 5.60. The van der Waals surface area contributed by atoms with Crippen LogP contribution in [0.3, 0.4) is 0 Å². The van der Waals surface area contributed by atoms with Gasteiger partial charge in [-0.25, -0.2) is 4.98 Å². The van der Waals surface area contributed by atoms with Crippen molar-refractivity contribution in [2.24, 2.45) is 5.92 Å². The van der Waals surface area contributed by atoms with Crippen molar-refractivity contribution in [2.75, 3.05) is 36.5 Å². The van der Waals surface area contributed by atoms with Crippen LogP contribution in [0.2, 0.25) is 0 Å². The summed E-state index contributed by atoms with van der Waals surface area (Å²) in [5.74, 6) is 0.584. The third kappa shape index (κ3) is 2.80. The Balaban J connectivity index is 1.35. The maximum atomic E-state index is 11.7. The number of rotatable bonds is 3. The summed E-state index contributed by atoms with van der Waals surface area (Å²) < 4.78 is 11.5. The molecule has 1 aromatic rings. The van der Waals surface area contributed by atoms with E-state index >= 15 is 0 Å². The lowest BCUT2D eigenvalue weighted by Gasteiger charge is -2.38. The van der Waals surface area contributed by atoms with E-state index in [2.05, 4.69) is 15.2 Å². The number of hydrogen-bond acceptors (Lipinski definition) is 5. The Hall–Kier alpha value is -1.66. The van der Waals surface area contributed by atoms with Crippen molar-refractivity contribution in [1.29, 1.82) is 0 Å². The molecular weight excluding hydrogens is 282 g/mol. The number of ether oxygens (including phenoxy) is 2. The lowest BCUT2D eigenvalue weighted by molar-refractivity contribution is -0.169. The molecule has 118 valence electrons. The molecule has 1 spiro atoms. The fourth-order valence-corrected chi connectivity index (χ4v) is 3.11. The first-order valence-corrected chi connectivity index (χ1v) is 8.04. The maximum absolute atomic E-state index is 11.7. The minimum atomic E-state index is -0.345. The SMILES string of the molecule is O=C(Nc1ccc(N2CCC3(CC2)OCCO3)cn1)C1CC1. The van der Waals surface area contributed by atoms with E-state index < -0.39 is 0 Å². The molecule has 3 fully saturated rings. The molecule has 4 rings (SSSR count). The summed E-state index contributed by atoms with van der Waals surface area (Å²) in [7, 11) is 0. The predicted molar refractivity (Wildman–Crippen MR) is 81.7 cm³/mol. The van der Waals surface area contributed by atoms with Crippen LogP contribution in [-0.4, -0.2) is 43.0 Å². The second-order valence-electron chi connectivity index (χ2n) is 6.26. The first-order valence-electron chi connectivity index (χ1n) is 8.04. The summed E-state index contributed by atoms with van der Waals surface area (Å²) in [5.41, 5.74) is 1.08. The number of carbonyl (C=O) groups excluding carboxylic acids is 1. The number of carbonyl (C=O) groups is 1. The molecule has 0 radical (unpaired) electrons. The van der Waals surface area contributed by atoms with Crippen LogP contribution in [0.15, 0.2) is 18.3 Å². The van der Waals surface area contributed by atoms with Gasteiger partial charge in [0.25, 0.3) is 0 Å². The molecule has 6 nitrogen and oxygen atoms in total. The van der Waals surface area contributed by atoms with Gasteiger partial charge in [0.05, 0.1) is 25.1 Å². The molecule has 2 saturated heterocycles. The van der Waals surface area contributed by atoms with Gasteiger partial charge in [0.1, 0.15) is 5.82 Å². The van der Waals surface area contributed by atoms with Gasteiger partial charge in [0, 0.05) is 31.8 Å². The molecule has 1 aliphatic carbocycles. The standard InChI is InChI=1S/C16H21N3O3/c20-15(12-1-2-12)18-14-4-3-13(11-17-14)19-7-5-16(6-8-19)21-9-10-22-16/h3-4,11-12H,1-2,5-10H2,(H,17,18,20). The highest BCUT2D eigenvalue weighted by Crippen LogP contribution is 2.33. The van der Waals surface area contributed by atoms with Gasteiger partial charge in [-0.1, -0.05) is 0 Å². The van der Waals surface area contributed by atoms with Crippen LogP contribution in [0.1, 0.15) is 25.7 Å². The normalized spacial score (nSPS) is 23.7. The van der Waals surface area contributed by atoms with E-state index in [9.17, 15) is 4.79 Å². The van der Waals surface area contributed by atoms with Crippen molar-refractivity contribution in [3.05, 3.63) is 18.3 Å². The zero-order valence-electron chi connectivity index (χ0n) is 12.6. The van der Waals surface area contributed by atoms with E-state index in [1.807, 2.05) is 18.3 Å². The van der Waals surface area contributed by atoms with Gasteiger partial charge in [0.15, 0.2) is 5.79 Å². The molecule has 6 heteroatoms. The van der Waals surface area contributed by atoms with E-state index in [-0.39, 0.29) is 17.6 Å². The molecule has 3 heterocycles. The Kier molecular flexibility index (Phi) is 3.50. The van der Waals surface area contributed by atoms with Crippen LogP contribution >= 0.6 is 0 Å². The zero-order chi connectivity index (χ0) is 15.0. The minimum absolute atomic E-state index is 0.0932. The average molecular weight is 303 g/mol. The second kappa shape index (κ2) is 5.52. The molecule has 1 N–H and O–H groups in total. The number of nitrogens with one attached hydrogen (secondary N) is 1. The van der Waals surface area contributed by atoms with Crippen LogP contribution in [0.4, 0.5) is 11.5 Å². The Bertz CT molecular complexity index is 540. The number of piperidine rings is 1. The van der Waals surface area contributed by atoms with Gasteiger partial charge in [-0.15, -0.1) is 0 Å². The number of aromatic nitrogens is 1. The van der Waals surface area contributed by atoms with E-state index in [1.165, 1.54) is 0 Å². The molecule has 1 saturated carbocycles. The van der Waals surface area contributed by atoms with Crippen molar-refractivity contribution in [1.82, 2.24) is 4.98 Å². The Labute approximate surface area is 129 Å². The number of anilines is 2. The monoisotopic (exact) mass is 303 g/mol. The highest BCUT2D eigenvalue weighted by atomic mass is 16.7. The summed E-state index contributed by atoms with van der Waals surface area (Å²) in [6.45, 7) is 3.21. The molecule has 0 aromatic carbocycles. The molecular formula is C16H21N3O3. The molecule has 2 aliphatic heterocycles. The van der Waals surface area contributed by atoms with Gasteiger partial charge in [-0.2, -0.15) is 0 Å². The lowest BCUT2D eigenvalue weighted by atomic mass is 10.0. The van der Waals surface area contributed by atoms with Gasteiger partial charge in [-0.3, -0.25) is 4.79 Å². The number of nitrogens with zero attached hydrogens (tertiary/aromatic N) is 2. The molecule has 0 atom stereocenters. The molecule has 1 amide bonds. The van der Waals surface area contributed by atoms with Crippen LogP contribution in [0.5, 0.6) is 0 Å². The third-order valence-electron chi connectivity index (χ3n) is 4.65. The van der Waals surface area contributed by atoms with E-state index in [4.69, 9.17) is 9.47 Å². The topological polar surface area (TPSA) is 63.7 Å². The first-order chi connectivity index (χ1) is 10.7. The number of amides is 1. The van der Waals surface area contributed by atoms with Crippen molar-refractivity contribution < 1.29 is 14.3 Å². The van der Waals surface area contributed by atoms with Gasteiger partial charge in [0.2, 0.25) is 5.91 Å². The molecule has 22 heavy (non-hydrogen) atoms. The quantitative estimate of drug-likeness (QED) is 0.922. The second-order valence-corrected chi connectivity index (χ2v) is 6.26. The lowest BCUT2D eigenvalue weighted by Crippen LogP contribution is -2.45. The first kappa shape index (κ1) is 14.0. The zero-order valence-corrected chi connectivity index (χ0v) is 12.6. The summed E-state index contributed by atoms with van der Waals surface area (Å²) in [4.78, 5) is 18.4. The molecule has 0 unspecified atom stereocenters. The predicted octanol–water partition coefficient (Wildman–Crippen LogP) is 1.77. The van der Waals surface area contributed by atoms with Crippen LogP contribution < -0.4 is 10.2 Å².